The number of benzene rings is 1. The average Bonchev–Trinajstić information content (AvgIpc) is 2.29. The molecule has 0 bridgehead atoms. The summed E-state index contributed by atoms with van der Waals surface area (Å²) in [5.41, 5.74) is 5.38. The molecule has 16 heavy (non-hydrogen) atoms. The number of thioether (sulfide) groups is 2. The van der Waals surface area contributed by atoms with Crippen LogP contribution in [0.15, 0.2) is 35.2 Å². The molecular weight excluding hydrogens is 242 g/mol. The fourth-order valence-electron chi connectivity index (χ4n) is 1.02. The lowest BCUT2D eigenvalue weighted by molar-refractivity contribution is -0.137. The van der Waals surface area contributed by atoms with Crippen molar-refractivity contribution in [2.24, 2.45) is 5.73 Å². The average molecular weight is 257 g/mol. The van der Waals surface area contributed by atoms with Crippen LogP contribution in [0.4, 0.5) is 0 Å². The van der Waals surface area contributed by atoms with Gasteiger partial charge in [0.05, 0.1) is 0 Å². The van der Waals surface area contributed by atoms with Crippen molar-refractivity contribution in [1.29, 1.82) is 0 Å². The summed E-state index contributed by atoms with van der Waals surface area (Å²) in [6.07, 6.45) is 0. The molecule has 5 heteroatoms. The lowest BCUT2D eigenvalue weighted by Gasteiger charge is -2.05. The second-order valence-corrected chi connectivity index (χ2v) is 5.50. The van der Waals surface area contributed by atoms with Crippen molar-refractivity contribution in [2.45, 2.75) is 10.9 Å². The van der Waals surface area contributed by atoms with E-state index in [1.807, 2.05) is 18.2 Å². The van der Waals surface area contributed by atoms with Crippen molar-refractivity contribution < 1.29 is 9.90 Å². The van der Waals surface area contributed by atoms with Crippen LogP contribution in [0.3, 0.4) is 0 Å². The molecule has 0 unspecified atom stereocenters. The predicted molar refractivity (Wildman–Crippen MR) is 70.1 cm³/mol. The third-order valence-corrected chi connectivity index (χ3v) is 4.21. The van der Waals surface area contributed by atoms with Gasteiger partial charge in [0, 0.05) is 22.2 Å². The molecule has 1 rings (SSSR count). The van der Waals surface area contributed by atoms with E-state index in [0.717, 1.165) is 11.5 Å². The van der Waals surface area contributed by atoms with Crippen LogP contribution >= 0.6 is 23.5 Å². The molecule has 0 fully saturated rings. The van der Waals surface area contributed by atoms with E-state index in [0.29, 0.717) is 5.75 Å². The van der Waals surface area contributed by atoms with Crippen LogP contribution in [0.1, 0.15) is 0 Å². The van der Waals surface area contributed by atoms with Crippen LogP contribution in [0.25, 0.3) is 0 Å². The zero-order chi connectivity index (χ0) is 11.8. The van der Waals surface area contributed by atoms with Gasteiger partial charge in [0.15, 0.2) is 0 Å². The van der Waals surface area contributed by atoms with Crippen LogP contribution < -0.4 is 5.73 Å². The number of nitrogens with two attached hydrogens (primary N) is 1. The second-order valence-electron chi connectivity index (χ2n) is 3.18. The van der Waals surface area contributed by atoms with E-state index >= 15 is 0 Å². The van der Waals surface area contributed by atoms with E-state index in [-0.39, 0.29) is 0 Å². The summed E-state index contributed by atoms with van der Waals surface area (Å²) in [4.78, 5) is 11.7. The smallest absolute Gasteiger partial charge is 0.321 e. The lowest BCUT2D eigenvalue weighted by atomic mass is 10.4. The molecule has 0 radical (unpaired) electrons. The molecule has 1 aromatic rings. The first-order chi connectivity index (χ1) is 7.70. The Balaban J connectivity index is 2.07. The molecule has 0 heterocycles. The maximum atomic E-state index is 10.4. The van der Waals surface area contributed by atoms with Crippen LogP contribution in [0, 0.1) is 0 Å². The van der Waals surface area contributed by atoms with Crippen LogP contribution in [0.2, 0.25) is 0 Å². The van der Waals surface area contributed by atoms with Crippen molar-refractivity contribution in [3.8, 4) is 0 Å². The fraction of sp³-hybridized carbons (Fsp3) is 0.364. The molecule has 0 aromatic heterocycles. The summed E-state index contributed by atoms with van der Waals surface area (Å²) in [5.74, 6) is 1.44. The zero-order valence-corrected chi connectivity index (χ0v) is 10.5. The molecule has 0 spiro atoms. The third kappa shape index (κ3) is 5.44. The number of aliphatic carboxylic acids is 1. The first-order valence-electron chi connectivity index (χ1n) is 4.94. The van der Waals surface area contributed by atoms with Crippen molar-refractivity contribution in [1.82, 2.24) is 0 Å². The Labute approximate surface area is 104 Å². The van der Waals surface area contributed by atoms with Crippen molar-refractivity contribution in [3.63, 3.8) is 0 Å². The van der Waals surface area contributed by atoms with Gasteiger partial charge < -0.3 is 10.8 Å². The Morgan fingerprint density at radius 1 is 1.31 bits per heavy atom. The zero-order valence-electron chi connectivity index (χ0n) is 8.83. The minimum Gasteiger partial charge on any atom is -0.480 e. The number of carboxylic acids is 1. The van der Waals surface area contributed by atoms with E-state index in [2.05, 4.69) is 12.1 Å². The molecule has 0 aliphatic rings. The molecule has 0 saturated carbocycles. The predicted octanol–water partition coefficient (Wildman–Crippen LogP) is 1.92. The van der Waals surface area contributed by atoms with E-state index in [4.69, 9.17) is 10.8 Å². The first-order valence-corrected chi connectivity index (χ1v) is 7.08. The summed E-state index contributed by atoms with van der Waals surface area (Å²) in [7, 11) is 0. The van der Waals surface area contributed by atoms with Gasteiger partial charge >= 0.3 is 5.97 Å². The number of carboxylic acid groups (broad SMARTS) is 1. The van der Waals surface area contributed by atoms with Gasteiger partial charge in [-0.05, 0) is 12.1 Å². The summed E-state index contributed by atoms with van der Waals surface area (Å²) < 4.78 is 0. The summed E-state index contributed by atoms with van der Waals surface area (Å²) in [6.45, 7) is 0. The van der Waals surface area contributed by atoms with Crippen molar-refractivity contribution >= 4 is 29.5 Å². The number of hydrogen-bond acceptors (Lipinski definition) is 4. The molecule has 0 aliphatic heterocycles. The van der Waals surface area contributed by atoms with Gasteiger partial charge in [0.2, 0.25) is 0 Å². The topological polar surface area (TPSA) is 63.3 Å². The Morgan fingerprint density at radius 2 is 2.00 bits per heavy atom. The van der Waals surface area contributed by atoms with Gasteiger partial charge in [-0.2, -0.15) is 11.8 Å². The fourth-order valence-corrected chi connectivity index (χ4v) is 2.97. The highest BCUT2D eigenvalue weighted by Crippen LogP contribution is 2.18. The van der Waals surface area contributed by atoms with Crippen LogP contribution in [-0.4, -0.2) is 34.4 Å². The summed E-state index contributed by atoms with van der Waals surface area (Å²) >= 11 is 3.35. The van der Waals surface area contributed by atoms with E-state index < -0.39 is 12.0 Å². The quantitative estimate of drug-likeness (QED) is 0.577. The van der Waals surface area contributed by atoms with Crippen LogP contribution in [-0.2, 0) is 4.79 Å². The number of hydrogen-bond donors (Lipinski definition) is 2. The molecule has 0 aliphatic carbocycles. The van der Waals surface area contributed by atoms with E-state index in [1.54, 1.807) is 23.5 Å². The lowest BCUT2D eigenvalue weighted by Crippen LogP contribution is -2.32. The molecular formula is C11H15NO2S2. The molecule has 0 saturated heterocycles. The van der Waals surface area contributed by atoms with E-state index in [1.165, 1.54) is 4.90 Å². The molecule has 3 nitrogen and oxygen atoms in total. The molecule has 88 valence electrons. The minimum atomic E-state index is -0.928. The minimum absolute atomic E-state index is 0.477. The normalized spacial score (nSPS) is 12.3. The maximum Gasteiger partial charge on any atom is 0.321 e. The first kappa shape index (κ1) is 13.4. The van der Waals surface area contributed by atoms with Gasteiger partial charge in [-0.3, -0.25) is 4.79 Å². The van der Waals surface area contributed by atoms with Gasteiger partial charge in [0.25, 0.3) is 0 Å². The van der Waals surface area contributed by atoms with E-state index in [9.17, 15) is 4.79 Å². The highest BCUT2D eigenvalue weighted by Gasteiger charge is 2.10. The maximum absolute atomic E-state index is 10.4. The monoisotopic (exact) mass is 257 g/mol. The Kier molecular flexibility index (Phi) is 6.37. The van der Waals surface area contributed by atoms with Gasteiger partial charge in [-0.15, -0.1) is 11.8 Å². The molecule has 0 amide bonds. The van der Waals surface area contributed by atoms with Gasteiger partial charge in [-0.25, -0.2) is 0 Å². The highest BCUT2D eigenvalue weighted by molar-refractivity contribution is 8.03. The molecule has 1 atom stereocenters. The highest BCUT2D eigenvalue weighted by atomic mass is 32.2. The van der Waals surface area contributed by atoms with Crippen molar-refractivity contribution in [3.05, 3.63) is 30.3 Å². The van der Waals surface area contributed by atoms with Crippen molar-refractivity contribution in [2.75, 3.05) is 17.3 Å². The largest absolute Gasteiger partial charge is 0.480 e. The standard InChI is InChI=1S/C11H15NO2S2/c12-10(11(13)14)8-15-6-7-16-9-4-2-1-3-5-9/h1-5,10H,6-8,12H2,(H,13,14)/t10-/m1/s1. The SMILES string of the molecule is N[C@H](CSCCSc1ccccc1)C(=O)O. The van der Waals surface area contributed by atoms with Crippen LogP contribution in [0.5, 0.6) is 0 Å². The summed E-state index contributed by atoms with van der Waals surface area (Å²) in [6, 6.07) is 9.40. The Hall–Kier alpha value is -0.650. The number of carbonyl (C=O) groups is 1. The number of rotatable bonds is 7. The summed E-state index contributed by atoms with van der Waals surface area (Å²) in [5, 5.41) is 8.57. The second kappa shape index (κ2) is 7.60. The van der Waals surface area contributed by atoms with Gasteiger partial charge in [0.1, 0.15) is 6.04 Å². The molecule has 3 N–H and O–H groups in total. The Morgan fingerprint density at radius 3 is 2.62 bits per heavy atom. The third-order valence-electron chi connectivity index (χ3n) is 1.85. The Bertz CT molecular complexity index is 319. The van der Waals surface area contributed by atoms with Gasteiger partial charge in [-0.1, -0.05) is 18.2 Å². The molecule has 1 aromatic carbocycles.